The highest BCUT2D eigenvalue weighted by Gasteiger charge is 2.21. The van der Waals surface area contributed by atoms with E-state index in [-0.39, 0.29) is 11.8 Å². The van der Waals surface area contributed by atoms with Crippen LogP contribution in [0.2, 0.25) is 0 Å². The van der Waals surface area contributed by atoms with E-state index in [1.807, 2.05) is 18.2 Å². The van der Waals surface area contributed by atoms with Gasteiger partial charge in [0.05, 0.1) is 13.1 Å². The molecule has 0 unspecified atom stereocenters. The first-order valence-electron chi connectivity index (χ1n) is 10.8. The van der Waals surface area contributed by atoms with Crippen LogP contribution in [0.4, 0.5) is 5.69 Å². The maximum Gasteiger partial charge on any atom is 0.251 e. The molecular weight excluding hydrogens is 362 g/mol. The van der Waals surface area contributed by atoms with Crippen molar-refractivity contribution in [3.63, 3.8) is 0 Å². The molecule has 2 aromatic carbocycles. The third-order valence-electron chi connectivity index (χ3n) is 6.07. The molecule has 0 aliphatic carbocycles. The number of quaternary nitrogens is 1. The molecule has 4 rings (SSSR count). The molecule has 2 N–H and O–H groups in total. The molecule has 2 fully saturated rings. The average molecular weight is 393 g/mol. The summed E-state index contributed by atoms with van der Waals surface area (Å²) in [4.78, 5) is 27.9. The van der Waals surface area contributed by atoms with Gasteiger partial charge in [0.25, 0.3) is 5.91 Å². The zero-order chi connectivity index (χ0) is 20.1. The first-order valence-corrected chi connectivity index (χ1v) is 10.8. The minimum Gasteiger partial charge on any atom is -0.348 e. The third-order valence-corrected chi connectivity index (χ3v) is 6.07. The van der Waals surface area contributed by atoms with E-state index in [1.165, 1.54) is 43.5 Å². The molecule has 29 heavy (non-hydrogen) atoms. The lowest BCUT2D eigenvalue weighted by Gasteiger charge is -2.24. The van der Waals surface area contributed by atoms with Crippen LogP contribution in [0.25, 0.3) is 0 Å². The Labute approximate surface area is 172 Å². The molecule has 0 saturated carbocycles. The Morgan fingerprint density at radius 3 is 2.34 bits per heavy atom. The van der Waals surface area contributed by atoms with Crippen molar-refractivity contribution in [2.45, 2.75) is 45.2 Å². The standard InChI is InChI=1S/C24H29N3O2/c28-23-9-6-16-27(23)22-12-10-19(11-13-22)24(29)25-17-20-7-2-3-8-21(20)18-26-14-4-1-5-15-26/h2-3,7-8,10-13H,1,4-6,9,14-18H2,(H,25,29)/p+1. The van der Waals surface area contributed by atoms with E-state index in [1.54, 1.807) is 21.9 Å². The van der Waals surface area contributed by atoms with Gasteiger partial charge in [0.2, 0.25) is 5.91 Å². The summed E-state index contributed by atoms with van der Waals surface area (Å²) >= 11 is 0. The van der Waals surface area contributed by atoms with E-state index in [4.69, 9.17) is 0 Å². The topological polar surface area (TPSA) is 53.9 Å². The summed E-state index contributed by atoms with van der Waals surface area (Å²) in [6.07, 6.45) is 5.49. The fraction of sp³-hybridized carbons (Fsp3) is 0.417. The van der Waals surface area contributed by atoms with Gasteiger partial charge in [-0.2, -0.15) is 0 Å². The molecule has 5 heteroatoms. The first-order chi connectivity index (χ1) is 14.2. The number of amides is 2. The van der Waals surface area contributed by atoms with Crippen LogP contribution < -0.4 is 15.1 Å². The highest BCUT2D eigenvalue weighted by molar-refractivity contribution is 5.97. The number of likely N-dealkylation sites (tertiary alicyclic amines) is 1. The van der Waals surface area contributed by atoms with Gasteiger partial charge in [0.1, 0.15) is 6.54 Å². The average Bonchev–Trinajstić information content (AvgIpc) is 3.19. The molecule has 2 saturated heterocycles. The number of piperidine rings is 1. The van der Waals surface area contributed by atoms with E-state index in [9.17, 15) is 9.59 Å². The number of hydrogen-bond donors (Lipinski definition) is 2. The number of carbonyl (C=O) groups excluding carboxylic acids is 2. The Balaban J connectivity index is 1.36. The summed E-state index contributed by atoms with van der Waals surface area (Å²) in [5.41, 5.74) is 4.02. The van der Waals surface area contributed by atoms with Gasteiger partial charge >= 0.3 is 0 Å². The van der Waals surface area contributed by atoms with Crippen molar-refractivity contribution in [1.82, 2.24) is 5.32 Å². The van der Waals surface area contributed by atoms with Crippen LogP contribution in [0.15, 0.2) is 48.5 Å². The quantitative estimate of drug-likeness (QED) is 0.793. The number of anilines is 1. The Morgan fingerprint density at radius 1 is 0.931 bits per heavy atom. The van der Waals surface area contributed by atoms with Gasteiger partial charge in [-0.15, -0.1) is 0 Å². The van der Waals surface area contributed by atoms with Crippen LogP contribution in [0, 0.1) is 0 Å². The van der Waals surface area contributed by atoms with E-state index < -0.39 is 0 Å². The fourth-order valence-electron chi connectivity index (χ4n) is 4.39. The van der Waals surface area contributed by atoms with Crippen molar-refractivity contribution in [3.8, 4) is 0 Å². The minimum atomic E-state index is -0.0792. The molecule has 2 heterocycles. The summed E-state index contributed by atoms with van der Waals surface area (Å²) in [6, 6.07) is 15.8. The number of nitrogens with one attached hydrogen (secondary N) is 2. The molecule has 0 aromatic heterocycles. The first kappa shape index (κ1) is 19.6. The third kappa shape index (κ3) is 4.85. The van der Waals surface area contributed by atoms with Crippen LogP contribution in [0.5, 0.6) is 0 Å². The molecule has 2 aliphatic heterocycles. The highest BCUT2D eigenvalue weighted by atomic mass is 16.2. The summed E-state index contributed by atoms with van der Waals surface area (Å²) in [6.45, 7) is 4.82. The Bertz CT molecular complexity index is 857. The van der Waals surface area contributed by atoms with Crippen molar-refractivity contribution in [3.05, 3.63) is 65.2 Å². The van der Waals surface area contributed by atoms with Crippen molar-refractivity contribution in [1.29, 1.82) is 0 Å². The molecule has 0 bridgehead atoms. The maximum absolute atomic E-state index is 12.6. The van der Waals surface area contributed by atoms with E-state index >= 15 is 0 Å². The molecule has 0 atom stereocenters. The fourth-order valence-corrected chi connectivity index (χ4v) is 4.39. The van der Waals surface area contributed by atoms with Gasteiger partial charge in [0.15, 0.2) is 0 Å². The van der Waals surface area contributed by atoms with Crippen molar-refractivity contribution >= 4 is 17.5 Å². The zero-order valence-electron chi connectivity index (χ0n) is 17.0. The number of hydrogen-bond acceptors (Lipinski definition) is 2. The van der Waals surface area contributed by atoms with Crippen molar-refractivity contribution in [2.24, 2.45) is 0 Å². The summed E-state index contributed by atoms with van der Waals surface area (Å²) in [5.74, 6) is 0.0825. The molecule has 2 amide bonds. The predicted molar refractivity (Wildman–Crippen MR) is 114 cm³/mol. The number of carbonyl (C=O) groups is 2. The normalized spacial score (nSPS) is 17.5. The Morgan fingerprint density at radius 2 is 1.66 bits per heavy atom. The van der Waals surface area contributed by atoms with Crippen LogP contribution in [0.3, 0.4) is 0 Å². The van der Waals surface area contributed by atoms with Crippen molar-refractivity contribution in [2.75, 3.05) is 24.5 Å². The van der Waals surface area contributed by atoms with Crippen LogP contribution in [-0.4, -0.2) is 31.4 Å². The molecule has 2 aliphatic rings. The van der Waals surface area contributed by atoms with Crippen LogP contribution in [0.1, 0.15) is 53.6 Å². The molecule has 5 nitrogen and oxygen atoms in total. The zero-order valence-corrected chi connectivity index (χ0v) is 17.0. The molecule has 0 radical (unpaired) electrons. The summed E-state index contributed by atoms with van der Waals surface area (Å²) in [5, 5.41) is 3.06. The van der Waals surface area contributed by atoms with Gasteiger partial charge in [0, 0.05) is 36.3 Å². The minimum absolute atomic E-state index is 0.0792. The summed E-state index contributed by atoms with van der Waals surface area (Å²) < 4.78 is 0. The van der Waals surface area contributed by atoms with Gasteiger partial charge in [-0.25, -0.2) is 0 Å². The predicted octanol–water partition coefficient (Wildman–Crippen LogP) is 2.31. The van der Waals surface area contributed by atoms with Gasteiger partial charge in [-0.3, -0.25) is 9.59 Å². The monoisotopic (exact) mass is 392 g/mol. The van der Waals surface area contributed by atoms with E-state index in [2.05, 4.69) is 23.5 Å². The smallest absolute Gasteiger partial charge is 0.251 e. The number of benzene rings is 2. The summed E-state index contributed by atoms with van der Waals surface area (Å²) in [7, 11) is 0. The lowest BCUT2D eigenvalue weighted by molar-refractivity contribution is -0.918. The number of rotatable bonds is 6. The van der Waals surface area contributed by atoms with E-state index in [0.717, 1.165) is 25.2 Å². The molecular formula is C24H30N3O2+. The molecule has 2 aromatic rings. The lowest BCUT2D eigenvalue weighted by Crippen LogP contribution is -3.11. The van der Waals surface area contributed by atoms with Crippen LogP contribution in [-0.2, 0) is 17.9 Å². The van der Waals surface area contributed by atoms with Crippen LogP contribution >= 0.6 is 0 Å². The van der Waals surface area contributed by atoms with Gasteiger partial charge in [-0.05, 0) is 55.5 Å². The van der Waals surface area contributed by atoms with Gasteiger partial charge < -0.3 is 15.1 Å². The van der Waals surface area contributed by atoms with E-state index in [0.29, 0.717) is 18.5 Å². The SMILES string of the molecule is O=C(NCc1ccccc1C[NH+]1CCCCC1)c1ccc(N2CCCC2=O)cc1. The number of nitrogens with zero attached hydrogens (tertiary/aromatic N) is 1. The molecule has 0 spiro atoms. The highest BCUT2D eigenvalue weighted by Crippen LogP contribution is 2.21. The second-order valence-corrected chi connectivity index (χ2v) is 8.13. The lowest BCUT2D eigenvalue weighted by atomic mass is 10.0. The van der Waals surface area contributed by atoms with Gasteiger partial charge in [-0.1, -0.05) is 24.3 Å². The Hall–Kier alpha value is -2.66. The Kier molecular flexibility index (Phi) is 6.25. The second-order valence-electron chi connectivity index (χ2n) is 8.13. The largest absolute Gasteiger partial charge is 0.348 e. The molecule has 152 valence electrons. The second kappa shape index (κ2) is 9.23. The maximum atomic E-state index is 12.6. The van der Waals surface area contributed by atoms with Crippen molar-refractivity contribution < 1.29 is 14.5 Å².